The summed E-state index contributed by atoms with van der Waals surface area (Å²) in [5.41, 5.74) is 3.82. The van der Waals surface area contributed by atoms with Crippen LogP contribution >= 0.6 is 11.8 Å². The molecule has 4 aromatic heterocycles. The van der Waals surface area contributed by atoms with Crippen molar-refractivity contribution in [1.82, 2.24) is 24.6 Å². The first-order chi connectivity index (χ1) is 11.8. The molecule has 0 N–H and O–H groups in total. The van der Waals surface area contributed by atoms with E-state index in [-0.39, 0.29) is 0 Å². The van der Waals surface area contributed by atoms with E-state index in [9.17, 15) is 4.39 Å². The van der Waals surface area contributed by atoms with E-state index in [1.807, 2.05) is 36.7 Å². The van der Waals surface area contributed by atoms with Gasteiger partial charge < -0.3 is 0 Å². The Bertz CT molecular complexity index is 1030. The minimum atomic E-state index is -0.539. The first kappa shape index (κ1) is 14.8. The molecule has 0 radical (unpaired) electrons. The Kier molecular flexibility index (Phi) is 3.70. The molecular weight excluding hydrogens is 325 g/mol. The van der Waals surface area contributed by atoms with Gasteiger partial charge in [0, 0.05) is 30.2 Å². The third-order valence-corrected chi connectivity index (χ3v) is 4.17. The lowest BCUT2D eigenvalue weighted by Crippen LogP contribution is -1.91. The number of nitrogens with zero attached hydrogens (tertiary/aromatic N) is 5. The van der Waals surface area contributed by atoms with Gasteiger partial charge in [-0.2, -0.15) is 9.49 Å². The summed E-state index contributed by atoms with van der Waals surface area (Å²) in [5, 5.41) is 5.29. The van der Waals surface area contributed by atoms with Crippen molar-refractivity contribution >= 4 is 17.3 Å². The number of pyridine rings is 2. The quantitative estimate of drug-likeness (QED) is 0.324. The molecule has 0 unspecified atom stereocenters. The highest BCUT2D eigenvalue weighted by Crippen LogP contribution is 2.34. The Morgan fingerprint density at radius 1 is 1.08 bits per heavy atom. The van der Waals surface area contributed by atoms with E-state index < -0.39 is 5.95 Å². The van der Waals surface area contributed by atoms with Crippen LogP contribution in [-0.2, 0) is 0 Å². The molecule has 0 aliphatic rings. The van der Waals surface area contributed by atoms with Crippen LogP contribution in [0.3, 0.4) is 0 Å². The smallest absolute Gasteiger partial charge is 0.213 e. The maximum atomic E-state index is 13.6. The molecule has 4 heterocycles. The van der Waals surface area contributed by atoms with E-state index in [4.69, 9.17) is 0 Å². The number of halogens is 1. The van der Waals surface area contributed by atoms with Crippen molar-refractivity contribution in [2.75, 3.05) is 6.26 Å². The van der Waals surface area contributed by atoms with Crippen LogP contribution < -0.4 is 0 Å². The number of aromatic nitrogens is 5. The summed E-state index contributed by atoms with van der Waals surface area (Å²) in [6.45, 7) is 0. The number of thioether (sulfide) groups is 1. The average Bonchev–Trinajstić information content (AvgIpc) is 3.01. The summed E-state index contributed by atoms with van der Waals surface area (Å²) in [5.74, 6) is -0.539. The van der Waals surface area contributed by atoms with Gasteiger partial charge in [0.25, 0.3) is 0 Å². The Hall–Kier alpha value is -2.80. The summed E-state index contributed by atoms with van der Waals surface area (Å²) in [7, 11) is 0. The molecule has 0 spiro atoms. The predicted octanol–water partition coefficient (Wildman–Crippen LogP) is 3.71. The fraction of sp³-hybridized carbons (Fsp3) is 0.0588. The van der Waals surface area contributed by atoms with Crippen molar-refractivity contribution in [3.63, 3.8) is 0 Å². The second-order valence-corrected chi connectivity index (χ2v) is 5.82. The second-order valence-electron chi connectivity index (χ2n) is 5.05. The van der Waals surface area contributed by atoms with Gasteiger partial charge in [-0.05, 0) is 30.5 Å². The predicted molar refractivity (Wildman–Crippen MR) is 91.2 cm³/mol. The number of rotatable bonds is 3. The summed E-state index contributed by atoms with van der Waals surface area (Å²) in [6.07, 6.45) is 6.94. The minimum absolute atomic E-state index is 0.539. The van der Waals surface area contributed by atoms with Gasteiger partial charge in [-0.25, -0.2) is 19.5 Å². The fourth-order valence-corrected chi connectivity index (χ4v) is 2.94. The zero-order valence-corrected chi connectivity index (χ0v) is 13.5. The summed E-state index contributed by atoms with van der Waals surface area (Å²) in [4.78, 5) is 12.4. The molecule has 0 aromatic carbocycles. The lowest BCUT2D eigenvalue weighted by molar-refractivity contribution is 0.584. The molecule has 4 aromatic rings. The first-order valence-corrected chi connectivity index (χ1v) is 8.45. The maximum absolute atomic E-state index is 13.6. The molecule has 0 aliphatic heterocycles. The molecule has 24 heavy (non-hydrogen) atoms. The van der Waals surface area contributed by atoms with Crippen molar-refractivity contribution in [1.29, 1.82) is 0 Å². The number of hydrogen-bond donors (Lipinski definition) is 0. The van der Waals surface area contributed by atoms with Gasteiger partial charge >= 0.3 is 0 Å². The Labute approximate surface area is 141 Å². The normalized spacial score (nSPS) is 11.1. The lowest BCUT2D eigenvalue weighted by Gasteiger charge is -2.04. The highest BCUT2D eigenvalue weighted by Gasteiger charge is 2.18. The summed E-state index contributed by atoms with van der Waals surface area (Å²) >= 11 is 1.47. The van der Waals surface area contributed by atoms with Gasteiger partial charge in [0.1, 0.15) is 5.69 Å². The van der Waals surface area contributed by atoms with E-state index in [0.29, 0.717) is 16.4 Å². The van der Waals surface area contributed by atoms with Crippen molar-refractivity contribution in [2.24, 2.45) is 0 Å². The molecule has 0 fully saturated rings. The average molecular weight is 337 g/mol. The maximum Gasteiger partial charge on any atom is 0.213 e. The summed E-state index contributed by atoms with van der Waals surface area (Å²) in [6, 6.07) is 10.8. The van der Waals surface area contributed by atoms with Crippen molar-refractivity contribution < 1.29 is 4.39 Å². The van der Waals surface area contributed by atoms with Crippen molar-refractivity contribution in [2.45, 2.75) is 5.16 Å². The number of hydrogen-bond acceptors (Lipinski definition) is 5. The van der Waals surface area contributed by atoms with Crippen LogP contribution in [0, 0.1) is 5.95 Å². The van der Waals surface area contributed by atoms with Gasteiger partial charge in [-0.1, -0.05) is 17.8 Å². The SMILES string of the molecule is CSc1nccc(-c2c(-c3ccnc(F)c3)nn3ccccc23)n1. The van der Waals surface area contributed by atoms with E-state index in [2.05, 4.69) is 20.1 Å². The molecular formula is C17H12FN5S. The van der Waals surface area contributed by atoms with Crippen LogP contribution in [0.1, 0.15) is 0 Å². The highest BCUT2D eigenvalue weighted by atomic mass is 32.2. The molecule has 0 bridgehead atoms. The van der Waals surface area contributed by atoms with Gasteiger partial charge in [-0.15, -0.1) is 0 Å². The Morgan fingerprint density at radius 2 is 1.96 bits per heavy atom. The second kappa shape index (κ2) is 6.01. The zero-order valence-electron chi connectivity index (χ0n) is 12.7. The molecule has 0 saturated carbocycles. The lowest BCUT2D eigenvalue weighted by atomic mass is 10.0. The third kappa shape index (κ3) is 2.52. The van der Waals surface area contributed by atoms with E-state index in [1.165, 1.54) is 24.0 Å². The highest BCUT2D eigenvalue weighted by molar-refractivity contribution is 7.98. The Balaban J connectivity index is 2.03. The topological polar surface area (TPSA) is 56.0 Å². The summed E-state index contributed by atoms with van der Waals surface area (Å²) < 4.78 is 15.4. The van der Waals surface area contributed by atoms with Crippen LogP contribution in [0.4, 0.5) is 4.39 Å². The van der Waals surface area contributed by atoms with Gasteiger partial charge in [0.15, 0.2) is 5.16 Å². The van der Waals surface area contributed by atoms with Crippen LogP contribution in [0.2, 0.25) is 0 Å². The first-order valence-electron chi connectivity index (χ1n) is 7.23. The molecule has 0 atom stereocenters. The minimum Gasteiger partial charge on any atom is -0.240 e. The molecule has 7 heteroatoms. The monoisotopic (exact) mass is 337 g/mol. The standard InChI is InChI=1S/C17H12FN5S/c1-24-17-20-8-6-12(21-17)15-13-4-2-3-9-23(13)22-16(15)11-5-7-19-14(18)10-11/h2-10H,1H3. The number of fused-ring (bicyclic) bond motifs is 1. The van der Waals surface area contributed by atoms with E-state index in [0.717, 1.165) is 16.8 Å². The van der Waals surface area contributed by atoms with Gasteiger partial charge in [-0.3, -0.25) is 0 Å². The van der Waals surface area contributed by atoms with Crippen LogP contribution in [-0.4, -0.2) is 30.8 Å². The van der Waals surface area contributed by atoms with Crippen LogP contribution in [0.25, 0.3) is 28.0 Å². The third-order valence-electron chi connectivity index (χ3n) is 3.61. The molecule has 118 valence electrons. The molecule has 5 nitrogen and oxygen atoms in total. The van der Waals surface area contributed by atoms with Crippen LogP contribution in [0.15, 0.2) is 60.1 Å². The molecule has 4 rings (SSSR count). The molecule has 0 saturated heterocycles. The van der Waals surface area contributed by atoms with Crippen LogP contribution in [0.5, 0.6) is 0 Å². The Morgan fingerprint density at radius 3 is 2.79 bits per heavy atom. The van der Waals surface area contributed by atoms with Crippen molar-refractivity contribution in [3.8, 4) is 22.5 Å². The largest absolute Gasteiger partial charge is 0.240 e. The fourth-order valence-electron chi connectivity index (χ4n) is 2.58. The molecule has 0 amide bonds. The van der Waals surface area contributed by atoms with E-state index in [1.54, 1.807) is 16.8 Å². The van der Waals surface area contributed by atoms with Gasteiger partial charge in [0.05, 0.1) is 16.8 Å². The van der Waals surface area contributed by atoms with Gasteiger partial charge in [0.2, 0.25) is 5.95 Å². The molecule has 0 aliphatic carbocycles. The van der Waals surface area contributed by atoms with E-state index >= 15 is 0 Å². The van der Waals surface area contributed by atoms with Crippen molar-refractivity contribution in [3.05, 3.63) is 60.9 Å². The zero-order chi connectivity index (χ0) is 16.5.